The summed E-state index contributed by atoms with van der Waals surface area (Å²) in [4.78, 5) is 29.0. The molecule has 0 unspecified atom stereocenters. The molecular formula is C32H30F4N4O6. The molecule has 0 aliphatic carbocycles. The molecule has 1 saturated heterocycles. The van der Waals surface area contributed by atoms with Gasteiger partial charge >= 0.3 is 18.2 Å². The standard InChI is InChI=1S/C32H30F4N4O6/c1-43-28-15-23-25(16-29(28)44-18-20-8-11-37-12-9-20)38-13-10-26(23)45-27-7-4-21(14-24(27)33)40-31(42)30(41)39-17-19-2-5-22(6-3-19)46-32(34,35)36/h2-7,10,13-16,20,37H,8-9,11-12,17-18H2,1H3,(H,39,41)(H,40,42). The first kappa shape index (κ1) is 32.3. The maximum absolute atomic E-state index is 15.1. The molecule has 2 amide bonds. The molecule has 1 aliphatic rings. The van der Waals surface area contributed by atoms with Crippen molar-refractivity contribution in [1.82, 2.24) is 15.6 Å². The van der Waals surface area contributed by atoms with E-state index in [0.29, 0.717) is 46.2 Å². The Morgan fingerprint density at radius 2 is 1.70 bits per heavy atom. The van der Waals surface area contributed by atoms with Crippen LogP contribution in [0, 0.1) is 11.7 Å². The van der Waals surface area contributed by atoms with Gasteiger partial charge in [0.15, 0.2) is 23.1 Å². The Balaban J connectivity index is 1.20. The highest BCUT2D eigenvalue weighted by Crippen LogP contribution is 2.38. The summed E-state index contributed by atoms with van der Waals surface area (Å²) in [7, 11) is 1.52. The van der Waals surface area contributed by atoms with Crippen molar-refractivity contribution in [1.29, 1.82) is 0 Å². The molecule has 0 spiro atoms. The Kier molecular flexibility index (Phi) is 10.1. The summed E-state index contributed by atoms with van der Waals surface area (Å²) in [5, 5.41) is 8.52. The fraction of sp³-hybridized carbons (Fsp3) is 0.281. The molecule has 1 aliphatic heterocycles. The highest BCUT2D eigenvalue weighted by atomic mass is 19.4. The Bertz CT molecular complexity index is 1700. The van der Waals surface area contributed by atoms with Crippen LogP contribution < -0.4 is 34.9 Å². The van der Waals surface area contributed by atoms with Crippen LogP contribution in [0.1, 0.15) is 18.4 Å². The number of halogens is 4. The fourth-order valence-electron chi connectivity index (χ4n) is 4.79. The van der Waals surface area contributed by atoms with Gasteiger partial charge < -0.3 is 34.9 Å². The van der Waals surface area contributed by atoms with Crippen LogP contribution in [0.3, 0.4) is 0 Å². The first-order valence-corrected chi connectivity index (χ1v) is 14.3. The number of hydrogen-bond donors (Lipinski definition) is 3. The van der Waals surface area contributed by atoms with Crippen LogP contribution in [0.4, 0.5) is 23.2 Å². The zero-order valence-electron chi connectivity index (χ0n) is 24.6. The van der Waals surface area contributed by atoms with E-state index in [1.807, 2.05) is 0 Å². The van der Waals surface area contributed by atoms with Gasteiger partial charge in [0, 0.05) is 35.9 Å². The van der Waals surface area contributed by atoms with Crippen molar-refractivity contribution < 1.29 is 46.1 Å². The van der Waals surface area contributed by atoms with E-state index >= 15 is 4.39 Å². The lowest BCUT2D eigenvalue weighted by molar-refractivity contribution is -0.274. The summed E-state index contributed by atoms with van der Waals surface area (Å²) in [5.41, 5.74) is 0.973. The lowest BCUT2D eigenvalue weighted by Crippen LogP contribution is -2.34. The Labute approximate surface area is 261 Å². The van der Waals surface area contributed by atoms with E-state index in [9.17, 15) is 22.8 Å². The van der Waals surface area contributed by atoms with Crippen LogP contribution in [-0.2, 0) is 16.1 Å². The Hall–Kier alpha value is -5.11. The van der Waals surface area contributed by atoms with Crippen LogP contribution in [0.5, 0.6) is 28.7 Å². The molecule has 2 heterocycles. The van der Waals surface area contributed by atoms with E-state index in [1.54, 1.807) is 18.2 Å². The molecule has 10 nitrogen and oxygen atoms in total. The van der Waals surface area contributed by atoms with E-state index in [4.69, 9.17) is 14.2 Å². The zero-order chi connectivity index (χ0) is 32.7. The molecule has 0 bridgehead atoms. The Morgan fingerprint density at radius 1 is 0.935 bits per heavy atom. The van der Waals surface area contributed by atoms with Crippen LogP contribution in [-0.4, -0.2) is 50.0 Å². The number of fused-ring (bicyclic) bond motifs is 1. The van der Waals surface area contributed by atoms with Crippen molar-refractivity contribution in [2.45, 2.75) is 25.7 Å². The Morgan fingerprint density at radius 3 is 2.39 bits per heavy atom. The average Bonchev–Trinajstić information content (AvgIpc) is 3.04. The smallest absolute Gasteiger partial charge is 0.493 e. The number of nitrogens with zero attached hydrogens (tertiary/aromatic N) is 1. The minimum Gasteiger partial charge on any atom is -0.493 e. The predicted octanol–water partition coefficient (Wildman–Crippen LogP) is 5.71. The highest BCUT2D eigenvalue weighted by molar-refractivity contribution is 6.39. The van der Waals surface area contributed by atoms with Crippen LogP contribution in [0.25, 0.3) is 10.9 Å². The number of benzene rings is 3. The number of carbonyl (C=O) groups is 2. The van der Waals surface area contributed by atoms with Gasteiger partial charge in [0.05, 0.1) is 19.2 Å². The summed E-state index contributed by atoms with van der Waals surface area (Å²) >= 11 is 0. The lowest BCUT2D eigenvalue weighted by atomic mass is 9.99. The molecule has 1 fully saturated rings. The van der Waals surface area contributed by atoms with Crippen molar-refractivity contribution in [3.63, 3.8) is 0 Å². The molecule has 0 saturated carbocycles. The summed E-state index contributed by atoms with van der Waals surface area (Å²) in [6.07, 6.45) is -1.25. The van der Waals surface area contributed by atoms with Gasteiger partial charge in [-0.25, -0.2) is 4.39 Å². The number of carbonyl (C=O) groups excluding carboxylic acids is 2. The topological polar surface area (TPSA) is 120 Å². The molecule has 0 radical (unpaired) electrons. The van der Waals surface area contributed by atoms with Crippen LogP contribution >= 0.6 is 0 Å². The molecule has 4 aromatic rings. The summed E-state index contributed by atoms with van der Waals surface area (Å²) in [5.74, 6) is -1.72. The maximum Gasteiger partial charge on any atom is 0.573 e. The van der Waals surface area contributed by atoms with Crippen molar-refractivity contribution in [3.05, 3.63) is 78.2 Å². The fourth-order valence-corrected chi connectivity index (χ4v) is 4.79. The number of anilines is 1. The third-order valence-electron chi connectivity index (χ3n) is 7.15. The number of pyridine rings is 1. The van der Waals surface area contributed by atoms with Gasteiger partial charge in [0.25, 0.3) is 0 Å². The number of methoxy groups -OCH3 is 1. The van der Waals surface area contributed by atoms with E-state index < -0.39 is 29.7 Å². The number of rotatable bonds is 10. The normalized spacial score (nSPS) is 13.6. The van der Waals surface area contributed by atoms with Gasteiger partial charge in [-0.3, -0.25) is 14.6 Å². The van der Waals surface area contributed by atoms with Gasteiger partial charge in [-0.05, 0) is 73.8 Å². The second kappa shape index (κ2) is 14.3. The molecule has 242 valence electrons. The second-order valence-corrected chi connectivity index (χ2v) is 10.4. The van der Waals surface area contributed by atoms with Crippen molar-refractivity contribution in [2.75, 3.05) is 32.1 Å². The molecule has 0 atom stereocenters. The van der Waals surface area contributed by atoms with Crippen LogP contribution in [0.15, 0.2) is 66.9 Å². The molecule has 3 N–H and O–H groups in total. The lowest BCUT2D eigenvalue weighted by Gasteiger charge is -2.23. The number of amides is 2. The molecule has 3 aromatic carbocycles. The van der Waals surface area contributed by atoms with Gasteiger partial charge in [-0.2, -0.15) is 0 Å². The van der Waals surface area contributed by atoms with Gasteiger partial charge in [-0.1, -0.05) is 12.1 Å². The molecule has 14 heteroatoms. The monoisotopic (exact) mass is 642 g/mol. The van der Waals surface area contributed by atoms with E-state index in [0.717, 1.165) is 44.1 Å². The molecule has 1 aromatic heterocycles. The highest BCUT2D eigenvalue weighted by Gasteiger charge is 2.31. The second-order valence-electron chi connectivity index (χ2n) is 10.4. The molecule has 46 heavy (non-hydrogen) atoms. The zero-order valence-corrected chi connectivity index (χ0v) is 24.6. The first-order chi connectivity index (χ1) is 22.1. The summed E-state index contributed by atoms with van der Waals surface area (Å²) < 4.78 is 73.3. The number of nitrogens with one attached hydrogen (secondary N) is 3. The summed E-state index contributed by atoms with van der Waals surface area (Å²) in [6, 6.07) is 13.5. The minimum absolute atomic E-state index is 0.00422. The first-order valence-electron chi connectivity index (χ1n) is 14.3. The molecular weight excluding hydrogens is 612 g/mol. The third-order valence-corrected chi connectivity index (χ3v) is 7.15. The van der Waals surface area contributed by atoms with Gasteiger partial charge in [0.1, 0.15) is 11.5 Å². The summed E-state index contributed by atoms with van der Waals surface area (Å²) in [6.45, 7) is 2.32. The third kappa shape index (κ3) is 8.53. The van der Waals surface area contributed by atoms with Crippen molar-refractivity contribution >= 4 is 28.4 Å². The largest absolute Gasteiger partial charge is 0.573 e. The van der Waals surface area contributed by atoms with E-state index in [2.05, 4.69) is 25.7 Å². The number of piperidine rings is 1. The number of aromatic nitrogens is 1. The quantitative estimate of drug-likeness (QED) is 0.149. The maximum atomic E-state index is 15.1. The van der Waals surface area contributed by atoms with Gasteiger partial charge in [0.2, 0.25) is 0 Å². The molecule has 5 rings (SSSR count). The van der Waals surface area contributed by atoms with Crippen molar-refractivity contribution in [3.8, 4) is 28.7 Å². The van der Waals surface area contributed by atoms with E-state index in [-0.39, 0.29) is 18.0 Å². The minimum atomic E-state index is -4.83. The van der Waals surface area contributed by atoms with Gasteiger partial charge in [-0.15, -0.1) is 13.2 Å². The predicted molar refractivity (Wildman–Crippen MR) is 159 cm³/mol. The van der Waals surface area contributed by atoms with Crippen LogP contribution in [0.2, 0.25) is 0 Å². The number of alkyl halides is 3. The SMILES string of the molecule is COc1cc2c(Oc3ccc(NC(=O)C(=O)NCc4ccc(OC(F)(F)F)cc4)cc3F)ccnc2cc1OCC1CCNCC1. The number of hydrogen-bond acceptors (Lipinski definition) is 8. The van der Waals surface area contributed by atoms with Crippen molar-refractivity contribution in [2.24, 2.45) is 5.92 Å². The number of ether oxygens (including phenoxy) is 4. The van der Waals surface area contributed by atoms with E-state index in [1.165, 1.54) is 37.6 Å². The average molecular weight is 643 g/mol.